The third kappa shape index (κ3) is 13.9. The van der Waals surface area contributed by atoms with Gasteiger partial charge in [0.15, 0.2) is 46.1 Å². The minimum absolute atomic E-state index is 0.0445. The molecule has 6 aromatic carbocycles. The van der Waals surface area contributed by atoms with Crippen molar-refractivity contribution in [2.75, 3.05) is 76.7 Å². The lowest BCUT2D eigenvalue weighted by Crippen LogP contribution is -2.29. The molecule has 1 unspecified atom stereocenters. The molecule has 0 radical (unpaired) electrons. The van der Waals surface area contributed by atoms with Gasteiger partial charge in [-0.3, -0.25) is 38.3 Å². The molecule has 0 spiro atoms. The van der Waals surface area contributed by atoms with Crippen LogP contribution in [0.4, 0.5) is 28.9 Å². The molecular formula is C71H60F4N6O16. The number of hydrogen-bond acceptors (Lipinski definition) is 18. The number of aromatic nitrogens is 4. The summed E-state index contributed by atoms with van der Waals surface area (Å²) in [5.74, 6) is -1.24. The number of fused-ring (bicyclic) bond motifs is 6. The summed E-state index contributed by atoms with van der Waals surface area (Å²) in [6, 6.07) is 27.8. The van der Waals surface area contributed by atoms with Gasteiger partial charge in [-0.25, -0.2) is 17.6 Å². The molecule has 4 aliphatic rings. The van der Waals surface area contributed by atoms with Crippen LogP contribution < -0.4 is 69.1 Å². The Bertz CT molecular complexity index is 4740. The highest BCUT2D eigenvalue weighted by molar-refractivity contribution is 6.07. The number of halogens is 4. The summed E-state index contributed by atoms with van der Waals surface area (Å²) in [5.41, 5.74) is -0.172. The summed E-state index contributed by atoms with van der Waals surface area (Å²) in [4.78, 5) is 62.6. The summed E-state index contributed by atoms with van der Waals surface area (Å²) in [5, 5.41) is 6.10. The summed E-state index contributed by atoms with van der Waals surface area (Å²) in [6.45, 7) is 7.33. The fourth-order valence-corrected chi connectivity index (χ4v) is 11.2. The van der Waals surface area contributed by atoms with Crippen molar-refractivity contribution >= 4 is 45.0 Å². The predicted molar refractivity (Wildman–Crippen MR) is 345 cm³/mol. The first-order chi connectivity index (χ1) is 47.3. The Kier molecular flexibility index (Phi) is 19.0. The van der Waals surface area contributed by atoms with Crippen LogP contribution in [-0.2, 0) is 9.47 Å². The molecule has 26 heteroatoms. The molecule has 14 rings (SSSR count). The Morgan fingerprint density at radius 1 is 0.474 bits per heavy atom. The van der Waals surface area contributed by atoms with Crippen LogP contribution in [0, 0.1) is 23.3 Å². The average Bonchev–Trinajstić information content (AvgIpc) is 0.975. The zero-order valence-electron chi connectivity index (χ0n) is 52.0. The molecule has 2 N–H and O–H groups in total. The third-order valence-electron chi connectivity index (χ3n) is 15.7. The van der Waals surface area contributed by atoms with Gasteiger partial charge < -0.3 is 67.5 Å². The number of pyridine rings is 4. The van der Waals surface area contributed by atoms with Gasteiger partial charge in [-0.15, -0.1) is 0 Å². The van der Waals surface area contributed by atoms with E-state index in [1.807, 2.05) is 0 Å². The second-order valence-corrected chi connectivity index (χ2v) is 22.1. The van der Waals surface area contributed by atoms with Gasteiger partial charge in [-0.2, -0.15) is 0 Å². The van der Waals surface area contributed by atoms with Crippen LogP contribution >= 0.6 is 0 Å². The Balaban J connectivity index is 0.000000175. The molecule has 8 heterocycles. The average molecular weight is 1330 g/mol. The van der Waals surface area contributed by atoms with Crippen molar-refractivity contribution in [3.8, 4) is 80.4 Å². The van der Waals surface area contributed by atoms with Gasteiger partial charge in [-0.05, 0) is 111 Å². The first-order valence-corrected chi connectivity index (χ1v) is 31.1. The first kappa shape index (κ1) is 64.3. The lowest BCUT2D eigenvalue weighted by atomic mass is 10.1. The highest BCUT2D eigenvalue weighted by Crippen LogP contribution is 2.51. The van der Waals surface area contributed by atoms with Crippen LogP contribution in [0.5, 0.6) is 69.0 Å². The van der Waals surface area contributed by atoms with E-state index in [0.29, 0.717) is 114 Å². The van der Waals surface area contributed by atoms with Gasteiger partial charge in [0.05, 0.1) is 61.4 Å². The Morgan fingerprint density at radius 2 is 0.897 bits per heavy atom. The topological polar surface area (TPSA) is 239 Å². The van der Waals surface area contributed by atoms with Crippen LogP contribution in [0.3, 0.4) is 0 Å². The zero-order chi connectivity index (χ0) is 67.1. The zero-order valence-corrected chi connectivity index (χ0v) is 52.0. The van der Waals surface area contributed by atoms with Crippen molar-refractivity contribution in [2.24, 2.45) is 0 Å². The van der Waals surface area contributed by atoms with E-state index in [-0.39, 0.29) is 89.0 Å². The molecule has 0 bridgehead atoms. The second-order valence-electron chi connectivity index (χ2n) is 22.1. The van der Waals surface area contributed by atoms with Crippen molar-refractivity contribution in [3.05, 3.63) is 201 Å². The van der Waals surface area contributed by atoms with Crippen molar-refractivity contribution in [1.29, 1.82) is 0 Å². The minimum atomic E-state index is -0.820. The van der Waals surface area contributed by atoms with Gasteiger partial charge >= 0.3 is 0 Å². The first-order valence-electron chi connectivity index (χ1n) is 31.1. The van der Waals surface area contributed by atoms with E-state index < -0.39 is 46.2 Å². The standard InChI is InChI=1S/C36H31F2N3O8.C35H29F2N3O8/c1-2-45-28-10-14-41(23-6-3-21(37)4-7-23)36(43)32(28)35(42)40-22-5-8-27(25(38)19-22)49-29-9-13-39-26-20-30(48-24-11-15-44-16-12-24)33-34(31(26)29)47-18-17-46-33;1-2-44-27-10-13-40(22-6-3-20(36)4-7-22)35(42)31(27)34(41)39-21-5-8-26(24(37)17-21)48-28-9-12-38-25-18-29(47-23-11-14-43-19-23)32-33(30(25)28)46-16-15-45-32/h3-10,13-14,19-20,24H,2,11-12,15-18H2,1H3,(H,40,42);3-10,12-13,17-18,23H,2,11,14-16,19H2,1H3,(H,39,41). The SMILES string of the molecule is CCOc1ccn(-c2ccc(F)cc2)c(=O)c1C(=O)Nc1ccc(Oc2ccnc3cc(OC4CCOC4)c4c(c23)OCCO4)c(F)c1.CCOc1ccn(-c2ccc(F)cc2)c(=O)c1C(=O)Nc1ccc(Oc2ccnc3cc(OC4CCOCC4)c4c(c23)OCCO4)c(F)c1. The maximum Gasteiger partial charge on any atom is 0.271 e. The van der Waals surface area contributed by atoms with Crippen LogP contribution in [-0.4, -0.2) is 109 Å². The summed E-state index contributed by atoms with van der Waals surface area (Å²) < 4.78 is 131. The van der Waals surface area contributed by atoms with E-state index in [2.05, 4.69) is 20.6 Å². The summed E-state index contributed by atoms with van der Waals surface area (Å²) in [6.07, 6.45) is 7.97. The van der Waals surface area contributed by atoms with Crippen LogP contribution in [0.25, 0.3) is 33.2 Å². The van der Waals surface area contributed by atoms with Gasteiger partial charge in [0.1, 0.15) is 84.4 Å². The monoisotopic (exact) mass is 1330 g/mol. The van der Waals surface area contributed by atoms with Gasteiger partial charge in [0.2, 0.25) is 11.5 Å². The molecule has 0 aliphatic carbocycles. The van der Waals surface area contributed by atoms with E-state index >= 15 is 8.78 Å². The van der Waals surface area contributed by atoms with Crippen LogP contribution in [0.2, 0.25) is 0 Å². The van der Waals surface area contributed by atoms with Crippen molar-refractivity contribution in [2.45, 2.75) is 45.3 Å². The van der Waals surface area contributed by atoms with Crippen LogP contribution in [0.1, 0.15) is 53.8 Å². The van der Waals surface area contributed by atoms with E-state index in [4.69, 9.17) is 56.8 Å². The van der Waals surface area contributed by atoms with E-state index in [1.54, 1.807) is 38.1 Å². The van der Waals surface area contributed by atoms with Gasteiger partial charge in [0.25, 0.3) is 22.9 Å². The van der Waals surface area contributed by atoms with Crippen molar-refractivity contribution in [1.82, 2.24) is 19.1 Å². The third-order valence-corrected chi connectivity index (χ3v) is 15.7. The number of hydrogen-bond donors (Lipinski definition) is 2. The Morgan fingerprint density at radius 3 is 1.32 bits per heavy atom. The molecule has 4 aliphatic heterocycles. The predicted octanol–water partition coefficient (Wildman–Crippen LogP) is 12.5. The molecule has 10 aromatic rings. The number of ether oxygens (including phenoxy) is 12. The molecule has 97 heavy (non-hydrogen) atoms. The number of anilines is 2. The maximum atomic E-state index is 15.6. The molecule has 1 atom stereocenters. The summed E-state index contributed by atoms with van der Waals surface area (Å²) in [7, 11) is 0. The van der Waals surface area contributed by atoms with E-state index in [9.17, 15) is 28.0 Å². The number of carbonyl (C=O) groups excluding carboxylic acids is 2. The quantitative estimate of drug-likeness (QED) is 0.0759. The molecular weight excluding hydrogens is 1270 g/mol. The number of carbonyl (C=O) groups is 2. The number of amides is 2. The molecule has 0 saturated carbocycles. The van der Waals surface area contributed by atoms with E-state index in [1.165, 1.54) is 119 Å². The number of nitrogens with one attached hydrogen (secondary N) is 2. The lowest BCUT2D eigenvalue weighted by molar-refractivity contribution is 0.0234. The largest absolute Gasteiger partial charge is 0.493 e. The number of rotatable bonds is 18. The Hall–Kier alpha value is -11.4. The highest BCUT2D eigenvalue weighted by Gasteiger charge is 2.31. The molecule has 2 fully saturated rings. The second kappa shape index (κ2) is 28.7. The minimum Gasteiger partial charge on any atom is -0.493 e. The molecule has 2 saturated heterocycles. The van der Waals surface area contributed by atoms with Crippen molar-refractivity contribution < 1.29 is 84.0 Å². The van der Waals surface area contributed by atoms with Gasteiger partial charge in [0, 0.05) is 91.1 Å². The molecule has 4 aromatic heterocycles. The van der Waals surface area contributed by atoms with Gasteiger partial charge in [-0.1, -0.05) is 0 Å². The fourth-order valence-electron chi connectivity index (χ4n) is 11.2. The molecule has 2 amide bonds. The Labute approximate surface area is 549 Å². The number of benzene rings is 6. The van der Waals surface area contributed by atoms with Crippen LogP contribution in [0.15, 0.2) is 156 Å². The normalized spacial score (nSPS) is 14.8. The molecule has 498 valence electrons. The smallest absolute Gasteiger partial charge is 0.271 e. The lowest BCUT2D eigenvalue weighted by Gasteiger charge is -2.27. The summed E-state index contributed by atoms with van der Waals surface area (Å²) >= 11 is 0. The highest BCUT2D eigenvalue weighted by atomic mass is 19.1. The maximum absolute atomic E-state index is 15.6. The number of nitrogens with zero attached hydrogens (tertiary/aromatic N) is 4. The fraction of sp³-hybridized carbons (Fsp3) is 0.239. The molecule has 22 nitrogen and oxygen atoms in total. The van der Waals surface area contributed by atoms with E-state index in [0.717, 1.165) is 31.4 Å². The van der Waals surface area contributed by atoms with Crippen molar-refractivity contribution in [3.63, 3.8) is 0 Å².